The lowest BCUT2D eigenvalue weighted by atomic mass is 10.2. The van der Waals surface area contributed by atoms with E-state index < -0.39 is 17.2 Å². The number of pyridine rings is 1. The lowest BCUT2D eigenvalue weighted by Crippen LogP contribution is -2.37. The van der Waals surface area contributed by atoms with Crippen molar-refractivity contribution in [3.63, 3.8) is 0 Å². The van der Waals surface area contributed by atoms with Gasteiger partial charge < -0.3 is 5.32 Å². The average Bonchev–Trinajstić information content (AvgIpc) is 2.68. The number of rotatable bonds is 2. The predicted octanol–water partition coefficient (Wildman–Crippen LogP) is 0.414. The van der Waals surface area contributed by atoms with Crippen LogP contribution in [0.1, 0.15) is 15.9 Å². The Labute approximate surface area is 148 Å². The van der Waals surface area contributed by atoms with Crippen LogP contribution < -0.4 is 16.6 Å². The normalized spacial score (nSPS) is 10.2. The molecule has 0 saturated heterocycles. The number of aromatic nitrogens is 3. The first-order chi connectivity index (χ1) is 12.5. The summed E-state index contributed by atoms with van der Waals surface area (Å²) < 4.78 is 2.25. The topological polar surface area (TPSA) is 86.0 Å². The van der Waals surface area contributed by atoms with Crippen molar-refractivity contribution in [2.45, 2.75) is 0 Å². The van der Waals surface area contributed by atoms with Gasteiger partial charge in [-0.25, -0.2) is 9.78 Å². The lowest BCUT2D eigenvalue weighted by Gasteiger charge is -2.07. The van der Waals surface area contributed by atoms with Crippen LogP contribution in [0.15, 0.2) is 52.2 Å². The van der Waals surface area contributed by atoms with Crippen molar-refractivity contribution in [1.82, 2.24) is 19.4 Å². The summed E-state index contributed by atoms with van der Waals surface area (Å²) in [7, 11) is 2.91. The summed E-state index contributed by atoms with van der Waals surface area (Å²) in [4.78, 5) is 40.5. The molecule has 0 aliphatic rings. The van der Waals surface area contributed by atoms with Gasteiger partial charge in [0.1, 0.15) is 5.65 Å². The van der Waals surface area contributed by atoms with E-state index in [4.69, 9.17) is 0 Å². The molecule has 0 bridgehead atoms. The maximum Gasteiger partial charge on any atom is 0.332 e. The molecule has 2 aromatic heterocycles. The summed E-state index contributed by atoms with van der Waals surface area (Å²) in [5, 5.41) is 2.87. The van der Waals surface area contributed by atoms with E-state index in [0.29, 0.717) is 0 Å². The minimum absolute atomic E-state index is 0.164. The van der Waals surface area contributed by atoms with Gasteiger partial charge in [-0.1, -0.05) is 30.0 Å². The van der Waals surface area contributed by atoms with E-state index in [0.717, 1.165) is 10.1 Å². The highest BCUT2D eigenvalue weighted by Crippen LogP contribution is 2.07. The molecule has 0 spiro atoms. The number of fused-ring (bicyclic) bond motifs is 1. The third-order valence-electron chi connectivity index (χ3n) is 3.90. The molecule has 7 nitrogen and oxygen atoms in total. The SMILES string of the molecule is Cn1c(=O)c2cc(C(=O)NCC#Cc3ccccc3)cnc2n(C)c1=O. The van der Waals surface area contributed by atoms with E-state index >= 15 is 0 Å². The maximum atomic E-state index is 12.3. The number of hydrogen-bond donors (Lipinski definition) is 1. The third kappa shape index (κ3) is 3.26. The Morgan fingerprint density at radius 2 is 1.88 bits per heavy atom. The lowest BCUT2D eigenvalue weighted by molar-refractivity contribution is 0.0958. The zero-order valence-corrected chi connectivity index (χ0v) is 14.3. The highest BCUT2D eigenvalue weighted by Gasteiger charge is 2.13. The number of amides is 1. The van der Waals surface area contributed by atoms with Crippen molar-refractivity contribution in [2.75, 3.05) is 6.54 Å². The molecule has 3 rings (SSSR count). The Hall–Kier alpha value is -3.66. The number of nitrogens with one attached hydrogen (secondary N) is 1. The van der Waals surface area contributed by atoms with Crippen LogP contribution in [0.5, 0.6) is 0 Å². The van der Waals surface area contributed by atoms with E-state index in [1.54, 1.807) is 0 Å². The molecule has 3 aromatic rings. The molecule has 0 aliphatic heterocycles. The molecule has 0 unspecified atom stereocenters. The molecule has 0 radical (unpaired) electrons. The van der Waals surface area contributed by atoms with Gasteiger partial charge >= 0.3 is 5.69 Å². The van der Waals surface area contributed by atoms with Crippen molar-refractivity contribution in [3.8, 4) is 11.8 Å². The van der Waals surface area contributed by atoms with E-state index in [1.807, 2.05) is 30.3 Å². The molecular formula is C19H16N4O3. The minimum Gasteiger partial charge on any atom is -0.341 e. The van der Waals surface area contributed by atoms with Gasteiger partial charge in [0.05, 0.1) is 17.5 Å². The predicted molar refractivity (Wildman–Crippen MR) is 97.9 cm³/mol. The van der Waals surface area contributed by atoms with Crippen LogP contribution >= 0.6 is 0 Å². The molecule has 2 heterocycles. The molecule has 1 aromatic carbocycles. The number of carbonyl (C=O) groups is 1. The Morgan fingerprint density at radius 1 is 1.15 bits per heavy atom. The van der Waals surface area contributed by atoms with Crippen LogP contribution in [-0.2, 0) is 14.1 Å². The average molecular weight is 348 g/mol. The Bertz CT molecular complexity index is 1160. The van der Waals surface area contributed by atoms with E-state index in [9.17, 15) is 14.4 Å². The van der Waals surface area contributed by atoms with Crippen LogP contribution in [0.2, 0.25) is 0 Å². The van der Waals surface area contributed by atoms with E-state index in [2.05, 4.69) is 22.1 Å². The number of nitrogens with zero attached hydrogens (tertiary/aromatic N) is 3. The summed E-state index contributed by atoms with van der Waals surface area (Å²) >= 11 is 0. The maximum absolute atomic E-state index is 12.3. The fourth-order valence-corrected chi connectivity index (χ4v) is 2.48. The van der Waals surface area contributed by atoms with Crippen molar-refractivity contribution >= 4 is 16.9 Å². The smallest absolute Gasteiger partial charge is 0.332 e. The zero-order valence-electron chi connectivity index (χ0n) is 14.3. The van der Waals surface area contributed by atoms with Crippen LogP contribution in [0.3, 0.4) is 0 Å². The second kappa shape index (κ2) is 7.07. The van der Waals surface area contributed by atoms with Crippen molar-refractivity contribution in [2.24, 2.45) is 14.1 Å². The highest BCUT2D eigenvalue weighted by atomic mass is 16.2. The first-order valence-corrected chi connectivity index (χ1v) is 7.87. The first-order valence-electron chi connectivity index (χ1n) is 7.87. The summed E-state index contributed by atoms with van der Waals surface area (Å²) in [6.45, 7) is 0.164. The summed E-state index contributed by atoms with van der Waals surface area (Å²) in [5.41, 5.74) is 0.365. The number of aryl methyl sites for hydroxylation is 1. The Balaban J connectivity index is 1.82. The Morgan fingerprint density at radius 3 is 2.62 bits per heavy atom. The molecule has 130 valence electrons. The minimum atomic E-state index is -0.492. The fraction of sp³-hybridized carbons (Fsp3) is 0.158. The monoisotopic (exact) mass is 348 g/mol. The third-order valence-corrected chi connectivity index (χ3v) is 3.90. The second-order valence-corrected chi connectivity index (χ2v) is 5.65. The summed E-state index contributed by atoms with van der Waals surface area (Å²) in [5.74, 6) is 5.41. The van der Waals surface area contributed by atoms with Gasteiger partial charge in [-0.05, 0) is 18.2 Å². The van der Waals surface area contributed by atoms with Gasteiger partial charge in [0.2, 0.25) is 0 Å². The largest absolute Gasteiger partial charge is 0.341 e. The second-order valence-electron chi connectivity index (χ2n) is 5.65. The van der Waals surface area contributed by atoms with Gasteiger partial charge in [-0.2, -0.15) is 0 Å². The molecular weight excluding hydrogens is 332 g/mol. The van der Waals surface area contributed by atoms with E-state index in [-0.39, 0.29) is 23.1 Å². The van der Waals surface area contributed by atoms with Gasteiger partial charge in [0.15, 0.2) is 0 Å². The number of carbonyl (C=O) groups excluding carboxylic acids is 1. The summed E-state index contributed by atoms with van der Waals surface area (Å²) in [6.07, 6.45) is 1.33. The van der Waals surface area contributed by atoms with Crippen molar-refractivity contribution in [1.29, 1.82) is 0 Å². The molecule has 0 aliphatic carbocycles. The molecule has 0 saturated carbocycles. The van der Waals surface area contributed by atoms with Crippen LogP contribution in [-0.4, -0.2) is 26.6 Å². The molecule has 0 atom stereocenters. The molecule has 0 fully saturated rings. The van der Waals surface area contributed by atoms with Gasteiger partial charge in [0, 0.05) is 25.9 Å². The van der Waals surface area contributed by atoms with Crippen LogP contribution in [0.4, 0.5) is 0 Å². The standard InChI is InChI=1S/C19H16N4O3/c1-22-16-15(18(25)23(2)19(22)26)11-14(12-21-16)17(24)20-10-6-9-13-7-4-3-5-8-13/h3-5,7-8,11-12H,10H2,1-2H3,(H,20,24). The number of benzene rings is 1. The molecule has 7 heteroatoms. The van der Waals surface area contributed by atoms with Gasteiger partial charge in [-0.3, -0.25) is 18.7 Å². The molecule has 26 heavy (non-hydrogen) atoms. The van der Waals surface area contributed by atoms with Crippen molar-refractivity contribution in [3.05, 3.63) is 74.6 Å². The first kappa shape index (κ1) is 17.2. The van der Waals surface area contributed by atoms with Crippen LogP contribution in [0.25, 0.3) is 11.0 Å². The van der Waals surface area contributed by atoms with E-state index in [1.165, 1.54) is 30.9 Å². The Kier molecular flexibility index (Phi) is 4.67. The molecule has 1 amide bonds. The van der Waals surface area contributed by atoms with Gasteiger partial charge in [0.25, 0.3) is 11.5 Å². The zero-order chi connectivity index (χ0) is 18.7. The number of hydrogen-bond acceptors (Lipinski definition) is 4. The quantitative estimate of drug-likeness (QED) is 0.680. The summed E-state index contributed by atoms with van der Waals surface area (Å²) in [6, 6.07) is 10.9. The fourth-order valence-electron chi connectivity index (χ4n) is 2.48. The molecule has 1 N–H and O–H groups in total. The van der Waals surface area contributed by atoms with Crippen molar-refractivity contribution < 1.29 is 4.79 Å². The highest BCUT2D eigenvalue weighted by molar-refractivity contribution is 5.96. The van der Waals surface area contributed by atoms with Gasteiger partial charge in [-0.15, -0.1) is 0 Å². The van der Waals surface area contributed by atoms with Crippen LogP contribution in [0, 0.1) is 11.8 Å².